The highest BCUT2D eigenvalue weighted by Gasteiger charge is 2.23. The molecule has 1 aromatic carbocycles. The lowest BCUT2D eigenvalue weighted by Crippen LogP contribution is -2.27. The maximum atomic E-state index is 12.7. The lowest BCUT2D eigenvalue weighted by molar-refractivity contribution is 0.353. The van der Waals surface area contributed by atoms with Crippen molar-refractivity contribution in [1.82, 2.24) is 14.1 Å². The minimum atomic E-state index is -3.64. The van der Waals surface area contributed by atoms with Gasteiger partial charge in [0.25, 0.3) is 0 Å². The van der Waals surface area contributed by atoms with E-state index < -0.39 is 10.0 Å². The number of aromatic nitrogens is 2. The van der Waals surface area contributed by atoms with E-state index in [1.807, 2.05) is 13.0 Å². The molecule has 0 N–H and O–H groups in total. The molecule has 0 fully saturated rings. The highest BCUT2D eigenvalue weighted by molar-refractivity contribution is 7.89. The van der Waals surface area contributed by atoms with E-state index in [0.717, 1.165) is 5.69 Å². The average Bonchev–Trinajstić information content (AvgIpc) is 3.01. The molecule has 0 amide bonds. The normalized spacial score (nSPS) is 11.7. The third kappa shape index (κ3) is 3.48. The zero-order valence-corrected chi connectivity index (χ0v) is 14.5. The zero-order valence-electron chi connectivity index (χ0n) is 13.7. The van der Waals surface area contributed by atoms with E-state index >= 15 is 0 Å². The number of aryl methyl sites for hydroxylation is 1. The predicted molar refractivity (Wildman–Crippen MR) is 86.1 cm³/mol. The summed E-state index contributed by atoms with van der Waals surface area (Å²) < 4.78 is 38.8. The summed E-state index contributed by atoms with van der Waals surface area (Å²) >= 11 is 0. The summed E-state index contributed by atoms with van der Waals surface area (Å²) in [6.45, 7) is 2.89. The standard InChI is InChI=1S/C15H21N3O4S/c1-5-18-12(8-9-16-18)11-17(2)23(19,20)13-6-7-14(21-3)15(10-13)22-4/h6-10H,5,11H2,1-4H3. The van der Waals surface area contributed by atoms with Crippen LogP contribution in [0.1, 0.15) is 12.6 Å². The van der Waals surface area contributed by atoms with Crippen LogP contribution in [0.3, 0.4) is 0 Å². The molecule has 1 heterocycles. The smallest absolute Gasteiger partial charge is 0.243 e. The second-order valence-corrected chi connectivity index (χ2v) is 6.96. The van der Waals surface area contributed by atoms with E-state index in [1.165, 1.54) is 30.7 Å². The fraction of sp³-hybridized carbons (Fsp3) is 0.400. The van der Waals surface area contributed by atoms with E-state index in [-0.39, 0.29) is 11.4 Å². The second kappa shape index (κ2) is 7.01. The van der Waals surface area contributed by atoms with Crippen molar-refractivity contribution in [1.29, 1.82) is 0 Å². The van der Waals surface area contributed by atoms with Gasteiger partial charge in [0.05, 0.1) is 31.4 Å². The maximum Gasteiger partial charge on any atom is 0.243 e. The van der Waals surface area contributed by atoms with Gasteiger partial charge in [0.1, 0.15) is 0 Å². The van der Waals surface area contributed by atoms with Crippen LogP contribution in [0.25, 0.3) is 0 Å². The first kappa shape index (κ1) is 17.3. The Morgan fingerprint density at radius 2 is 1.87 bits per heavy atom. The van der Waals surface area contributed by atoms with Gasteiger partial charge in [-0.1, -0.05) is 0 Å². The summed E-state index contributed by atoms with van der Waals surface area (Å²) in [5.41, 5.74) is 0.832. The van der Waals surface area contributed by atoms with Crippen LogP contribution < -0.4 is 9.47 Å². The van der Waals surface area contributed by atoms with Crippen LogP contribution in [0, 0.1) is 0 Å². The van der Waals surface area contributed by atoms with E-state index in [0.29, 0.717) is 18.0 Å². The molecule has 0 spiro atoms. The van der Waals surface area contributed by atoms with Gasteiger partial charge in [0, 0.05) is 25.9 Å². The van der Waals surface area contributed by atoms with Crippen LogP contribution in [0.15, 0.2) is 35.4 Å². The molecule has 0 saturated heterocycles. The van der Waals surface area contributed by atoms with Crippen molar-refractivity contribution in [2.24, 2.45) is 0 Å². The molecule has 2 rings (SSSR count). The van der Waals surface area contributed by atoms with Crippen LogP contribution in [0.4, 0.5) is 0 Å². The van der Waals surface area contributed by atoms with Gasteiger partial charge in [-0.15, -0.1) is 0 Å². The summed E-state index contributed by atoms with van der Waals surface area (Å²) in [6.07, 6.45) is 1.66. The number of nitrogens with zero attached hydrogens (tertiary/aromatic N) is 3. The fourth-order valence-electron chi connectivity index (χ4n) is 2.25. The number of methoxy groups -OCH3 is 2. The zero-order chi connectivity index (χ0) is 17.0. The molecule has 0 radical (unpaired) electrons. The van der Waals surface area contributed by atoms with E-state index in [2.05, 4.69) is 5.10 Å². The van der Waals surface area contributed by atoms with Gasteiger partial charge in [-0.2, -0.15) is 9.40 Å². The van der Waals surface area contributed by atoms with Crippen molar-refractivity contribution in [2.75, 3.05) is 21.3 Å². The Labute approximate surface area is 136 Å². The summed E-state index contributed by atoms with van der Waals surface area (Å²) in [7, 11) is 0.874. The molecule has 1 aromatic heterocycles. The van der Waals surface area contributed by atoms with E-state index in [1.54, 1.807) is 24.0 Å². The van der Waals surface area contributed by atoms with Crippen LogP contribution in [0.2, 0.25) is 0 Å². The Hall–Kier alpha value is -2.06. The van der Waals surface area contributed by atoms with E-state index in [4.69, 9.17) is 9.47 Å². The average molecular weight is 339 g/mol. The molecule has 0 atom stereocenters. The van der Waals surface area contributed by atoms with Crippen molar-refractivity contribution in [2.45, 2.75) is 24.9 Å². The van der Waals surface area contributed by atoms with Gasteiger partial charge in [0.15, 0.2) is 11.5 Å². The number of benzene rings is 1. The van der Waals surface area contributed by atoms with Crippen molar-refractivity contribution in [3.63, 3.8) is 0 Å². The minimum absolute atomic E-state index is 0.153. The molecule has 0 aliphatic heterocycles. The molecule has 23 heavy (non-hydrogen) atoms. The molecule has 2 aromatic rings. The number of hydrogen-bond acceptors (Lipinski definition) is 5. The van der Waals surface area contributed by atoms with Crippen molar-refractivity contribution in [3.8, 4) is 11.5 Å². The Balaban J connectivity index is 2.30. The lowest BCUT2D eigenvalue weighted by atomic mass is 10.3. The topological polar surface area (TPSA) is 73.7 Å². The number of hydrogen-bond donors (Lipinski definition) is 0. The summed E-state index contributed by atoms with van der Waals surface area (Å²) in [5, 5.41) is 4.15. The van der Waals surface area contributed by atoms with Crippen molar-refractivity contribution < 1.29 is 17.9 Å². The SMILES string of the molecule is CCn1nccc1CN(C)S(=O)(=O)c1ccc(OC)c(OC)c1. The first-order chi connectivity index (χ1) is 10.9. The quantitative estimate of drug-likeness (QED) is 0.768. The minimum Gasteiger partial charge on any atom is -0.493 e. The molecule has 0 saturated carbocycles. The first-order valence-electron chi connectivity index (χ1n) is 7.13. The van der Waals surface area contributed by atoms with Gasteiger partial charge in [0.2, 0.25) is 10.0 Å². The first-order valence-corrected chi connectivity index (χ1v) is 8.57. The molecule has 8 heteroatoms. The van der Waals surface area contributed by atoms with Gasteiger partial charge < -0.3 is 9.47 Å². The Bertz CT molecular complexity index is 771. The van der Waals surface area contributed by atoms with Crippen LogP contribution in [-0.2, 0) is 23.1 Å². The summed E-state index contributed by atoms with van der Waals surface area (Å²) in [6, 6.07) is 6.35. The Morgan fingerprint density at radius 3 is 2.48 bits per heavy atom. The molecule has 126 valence electrons. The summed E-state index contributed by atoms with van der Waals surface area (Å²) in [4.78, 5) is 0.153. The summed E-state index contributed by atoms with van der Waals surface area (Å²) in [5.74, 6) is 0.860. The second-order valence-electron chi connectivity index (χ2n) is 4.92. The third-order valence-corrected chi connectivity index (χ3v) is 5.35. The van der Waals surface area contributed by atoms with Crippen LogP contribution >= 0.6 is 0 Å². The Morgan fingerprint density at radius 1 is 1.17 bits per heavy atom. The van der Waals surface area contributed by atoms with Crippen molar-refractivity contribution >= 4 is 10.0 Å². The van der Waals surface area contributed by atoms with Gasteiger partial charge >= 0.3 is 0 Å². The number of sulfonamides is 1. The highest BCUT2D eigenvalue weighted by atomic mass is 32.2. The third-order valence-electron chi connectivity index (χ3n) is 3.55. The molecule has 0 bridgehead atoms. The largest absolute Gasteiger partial charge is 0.493 e. The molecule has 0 aliphatic rings. The molecule has 0 unspecified atom stereocenters. The van der Waals surface area contributed by atoms with Gasteiger partial charge in [-0.3, -0.25) is 4.68 Å². The molecule has 0 aliphatic carbocycles. The molecule has 7 nitrogen and oxygen atoms in total. The van der Waals surface area contributed by atoms with Crippen molar-refractivity contribution in [3.05, 3.63) is 36.2 Å². The lowest BCUT2D eigenvalue weighted by Gasteiger charge is -2.18. The van der Waals surface area contributed by atoms with Crippen LogP contribution in [0.5, 0.6) is 11.5 Å². The van der Waals surface area contributed by atoms with Gasteiger partial charge in [-0.25, -0.2) is 8.42 Å². The molecular weight excluding hydrogens is 318 g/mol. The highest BCUT2D eigenvalue weighted by Crippen LogP contribution is 2.30. The maximum absolute atomic E-state index is 12.7. The Kier molecular flexibility index (Phi) is 5.27. The van der Waals surface area contributed by atoms with E-state index in [9.17, 15) is 8.42 Å². The predicted octanol–water partition coefficient (Wildman–Crippen LogP) is 1.74. The fourth-order valence-corrected chi connectivity index (χ4v) is 3.41. The van der Waals surface area contributed by atoms with Gasteiger partial charge in [-0.05, 0) is 25.1 Å². The van der Waals surface area contributed by atoms with Crippen LogP contribution in [-0.4, -0.2) is 43.8 Å². The molecular formula is C15H21N3O4S. The number of rotatable bonds is 7. The monoisotopic (exact) mass is 339 g/mol. The number of ether oxygens (including phenoxy) is 2.